The minimum atomic E-state index is -0.824. The number of rotatable bonds is 8. The summed E-state index contributed by atoms with van der Waals surface area (Å²) in [5.41, 5.74) is 8.37. The lowest BCUT2D eigenvalue weighted by atomic mass is 9.90. The maximum Gasteiger partial charge on any atom is 0.271 e. The van der Waals surface area contributed by atoms with Gasteiger partial charge in [0.2, 0.25) is 0 Å². The molecule has 224 valence electrons. The summed E-state index contributed by atoms with van der Waals surface area (Å²) in [5, 5.41) is 8.62. The number of hydrogen-bond donors (Lipinski definition) is 2. The zero-order valence-electron chi connectivity index (χ0n) is 24.3. The highest BCUT2D eigenvalue weighted by Crippen LogP contribution is 2.24. The first-order chi connectivity index (χ1) is 20.4. The fourth-order valence-electron chi connectivity index (χ4n) is 5.11. The first-order valence-corrected chi connectivity index (χ1v) is 14.9. The highest BCUT2D eigenvalue weighted by Gasteiger charge is 2.31. The van der Waals surface area contributed by atoms with E-state index >= 15 is 0 Å². The zero-order chi connectivity index (χ0) is 29.3. The van der Waals surface area contributed by atoms with E-state index in [1.54, 1.807) is 48.5 Å². The smallest absolute Gasteiger partial charge is 0.271 e. The average molecular weight is 577 g/mol. The lowest BCUT2D eigenvalue weighted by molar-refractivity contribution is -0.271. The molecule has 0 spiro atoms. The van der Waals surface area contributed by atoms with Crippen molar-refractivity contribution in [1.82, 2.24) is 10.9 Å². The van der Waals surface area contributed by atoms with Crippen LogP contribution in [-0.2, 0) is 9.47 Å². The van der Waals surface area contributed by atoms with E-state index in [0.29, 0.717) is 47.7 Å². The predicted octanol–water partition coefficient (Wildman–Crippen LogP) is 5.44. The summed E-state index contributed by atoms with van der Waals surface area (Å²) < 4.78 is 23.5. The molecule has 1 saturated heterocycles. The van der Waals surface area contributed by atoms with Crippen LogP contribution in [0.25, 0.3) is 0 Å². The minimum Gasteiger partial charge on any atom is -0.458 e. The fourth-order valence-corrected chi connectivity index (χ4v) is 5.11. The van der Waals surface area contributed by atoms with Gasteiger partial charge in [0.15, 0.2) is 0 Å². The molecule has 1 heterocycles. The first kappa shape index (κ1) is 29.7. The van der Waals surface area contributed by atoms with Crippen LogP contribution in [-0.4, -0.2) is 49.0 Å². The van der Waals surface area contributed by atoms with Gasteiger partial charge in [0, 0.05) is 22.6 Å². The van der Waals surface area contributed by atoms with Crippen molar-refractivity contribution in [3.05, 3.63) is 59.7 Å². The molecule has 2 saturated carbocycles. The Morgan fingerprint density at radius 2 is 1.00 bits per heavy atom. The van der Waals surface area contributed by atoms with Crippen LogP contribution in [0.1, 0.15) is 85.9 Å². The number of hydrazone groups is 2. The molecule has 10 heteroatoms. The second kappa shape index (κ2) is 14.4. The predicted molar refractivity (Wildman–Crippen MR) is 159 cm³/mol. The quantitative estimate of drug-likeness (QED) is 0.404. The summed E-state index contributed by atoms with van der Waals surface area (Å²) in [6.07, 6.45) is 6.49. The van der Waals surface area contributed by atoms with Gasteiger partial charge in [0.05, 0.1) is 13.2 Å². The number of benzene rings is 2. The van der Waals surface area contributed by atoms with Crippen LogP contribution in [0.2, 0.25) is 0 Å². The van der Waals surface area contributed by atoms with Gasteiger partial charge < -0.3 is 18.9 Å². The highest BCUT2D eigenvalue weighted by molar-refractivity contribution is 5.96. The van der Waals surface area contributed by atoms with Gasteiger partial charge in [-0.1, -0.05) is 13.8 Å². The molecule has 2 N–H and O–H groups in total. The van der Waals surface area contributed by atoms with E-state index < -0.39 is 12.6 Å². The van der Waals surface area contributed by atoms with Crippen LogP contribution in [0.5, 0.6) is 11.5 Å². The molecule has 2 aliphatic carbocycles. The van der Waals surface area contributed by atoms with E-state index in [1.807, 2.05) is 0 Å². The van der Waals surface area contributed by atoms with Crippen molar-refractivity contribution in [2.45, 2.75) is 77.8 Å². The molecule has 3 aliphatic rings. The van der Waals surface area contributed by atoms with Gasteiger partial charge in [0.25, 0.3) is 24.4 Å². The maximum absolute atomic E-state index is 12.5. The van der Waals surface area contributed by atoms with Gasteiger partial charge >= 0.3 is 0 Å². The summed E-state index contributed by atoms with van der Waals surface area (Å²) in [7, 11) is 0. The Morgan fingerprint density at radius 3 is 1.36 bits per heavy atom. The monoisotopic (exact) mass is 576 g/mol. The number of nitrogens with zero attached hydrogens (tertiary/aromatic N) is 2. The van der Waals surface area contributed by atoms with Gasteiger partial charge in [-0.15, -0.1) is 0 Å². The third kappa shape index (κ3) is 8.39. The Balaban J connectivity index is 1.12. The van der Waals surface area contributed by atoms with Gasteiger partial charge in [0.1, 0.15) is 11.5 Å². The standard InChI is InChI=1S/C32H40N4O6/c1-21-3-11-25(12-4-21)33-35-29(37)23-7-15-27(16-8-23)41-31-32(40-20-19-39-31)42-28-17-9-24(10-18-28)30(38)36-34-26-13-5-22(2)6-14-26/h7-10,15-18,21-22,31-32H,3-6,11-14,19-20H2,1-2H3,(H,35,37)(H,36,38)/t21?,22?,31-,32-/m1/s1. The van der Waals surface area contributed by atoms with Gasteiger partial charge in [-0.05, 0) is 112 Å². The van der Waals surface area contributed by atoms with E-state index in [0.717, 1.165) is 62.8 Å². The molecule has 1 aliphatic heterocycles. The van der Waals surface area contributed by atoms with Crippen molar-refractivity contribution in [3.8, 4) is 11.5 Å². The summed E-state index contributed by atoms with van der Waals surface area (Å²) in [6.45, 7) is 5.19. The third-order valence-electron chi connectivity index (χ3n) is 7.94. The molecule has 42 heavy (non-hydrogen) atoms. The second-order valence-corrected chi connectivity index (χ2v) is 11.4. The molecule has 2 aromatic carbocycles. The normalized spacial score (nSPS) is 24.3. The number of nitrogens with one attached hydrogen (secondary N) is 2. The number of hydrogen-bond acceptors (Lipinski definition) is 8. The van der Waals surface area contributed by atoms with E-state index in [4.69, 9.17) is 18.9 Å². The molecule has 0 aromatic heterocycles. The molecule has 0 radical (unpaired) electrons. The Bertz CT molecular complexity index is 1160. The molecule has 10 nitrogen and oxygen atoms in total. The Morgan fingerprint density at radius 1 is 0.643 bits per heavy atom. The van der Waals surface area contributed by atoms with Crippen LogP contribution in [0.4, 0.5) is 0 Å². The Kier molecular flexibility index (Phi) is 10.2. The summed E-state index contributed by atoms with van der Waals surface area (Å²) in [6, 6.07) is 13.5. The number of amides is 2. The van der Waals surface area contributed by atoms with Crippen LogP contribution in [0.15, 0.2) is 58.7 Å². The molecule has 5 rings (SSSR count). The van der Waals surface area contributed by atoms with Crippen molar-refractivity contribution in [2.24, 2.45) is 22.0 Å². The van der Waals surface area contributed by atoms with E-state index in [9.17, 15) is 9.59 Å². The molecule has 3 fully saturated rings. The molecule has 2 aromatic rings. The fraction of sp³-hybridized carbons (Fsp3) is 0.500. The molecule has 2 atom stereocenters. The lowest BCUT2D eigenvalue weighted by Gasteiger charge is -2.31. The Hall–Kier alpha value is -3.76. The second-order valence-electron chi connectivity index (χ2n) is 11.4. The molecule has 2 amide bonds. The van der Waals surface area contributed by atoms with Crippen LogP contribution >= 0.6 is 0 Å². The first-order valence-electron chi connectivity index (χ1n) is 14.9. The summed E-state index contributed by atoms with van der Waals surface area (Å²) in [4.78, 5) is 25.1. The zero-order valence-corrected chi connectivity index (χ0v) is 24.3. The largest absolute Gasteiger partial charge is 0.458 e. The van der Waals surface area contributed by atoms with E-state index in [1.165, 1.54) is 0 Å². The lowest BCUT2D eigenvalue weighted by Crippen LogP contribution is -2.45. The summed E-state index contributed by atoms with van der Waals surface area (Å²) >= 11 is 0. The minimum absolute atomic E-state index is 0.265. The summed E-state index contributed by atoms with van der Waals surface area (Å²) in [5.74, 6) is 1.91. The van der Waals surface area contributed by atoms with Crippen molar-refractivity contribution < 1.29 is 28.5 Å². The van der Waals surface area contributed by atoms with E-state index in [2.05, 4.69) is 34.9 Å². The van der Waals surface area contributed by atoms with Crippen molar-refractivity contribution in [2.75, 3.05) is 13.2 Å². The molecular formula is C32H40N4O6. The third-order valence-corrected chi connectivity index (χ3v) is 7.94. The van der Waals surface area contributed by atoms with Crippen molar-refractivity contribution in [1.29, 1.82) is 0 Å². The number of carbonyl (C=O) groups is 2. The SMILES string of the molecule is CC1CCC(=NNC(=O)c2ccc(O[C@H]3OCCO[C@@H]3Oc3ccc(C(=O)NN=C4CCC(C)CC4)cc3)cc2)CC1. The highest BCUT2D eigenvalue weighted by atomic mass is 16.8. The van der Waals surface area contributed by atoms with E-state index in [-0.39, 0.29) is 11.8 Å². The van der Waals surface area contributed by atoms with Crippen molar-refractivity contribution >= 4 is 23.2 Å². The molecule has 0 bridgehead atoms. The van der Waals surface area contributed by atoms with Crippen LogP contribution in [0.3, 0.4) is 0 Å². The van der Waals surface area contributed by atoms with Gasteiger partial charge in [-0.2, -0.15) is 10.2 Å². The van der Waals surface area contributed by atoms with Gasteiger partial charge in [-0.25, -0.2) is 10.9 Å². The molecule has 0 unspecified atom stereocenters. The molecular weight excluding hydrogens is 536 g/mol. The number of ether oxygens (including phenoxy) is 4. The topological polar surface area (TPSA) is 120 Å². The van der Waals surface area contributed by atoms with Crippen molar-refractivity contribution in [3.63, 3.8) is 0 Å². The van der Waals surface area contributed by atoms with Crippen LogP contribution < -0.4 is 20.3 Å². The number of carbonyl (C=O) groups excluding carboxylic acids is 2. The maximum atomic E-state index is 12.5. The average Bonchev–Trinajstić information content (AvgIpc) is 3.02. The van der Waals surface area contributed by atoms with Gasteiger partial charge in [-0.3, -0.25) is 9.59 Å². The van der Waals surface area contributed by atoms with Crippen LogP contribution in [0, 0.1) is 11.8 Å². The Labute approximate surface area is 246 Å².